The van der Waals surface area contributed by atoms with E-state index in [2.05, 4.69) is 5.32 Å². The number of hydrogen-bond acceptors (Lipinski definition) is 5. The summed E-state index contributed by atoms with van der Waals surface area (Å²) < 4.78 is 45.1. The molecule has 2 aromatic carbocycles. The minimum absolute atomic E-state index is 0.0654. The lowest BCUT2D eigenvalue weighted by molar-refractivity contribution is -0.133. The average molecular weight is 519 g/mol. The van der Waals surface area contributed by atoms with Gasteiger partial charge in [0.15, 0.2) is 0 Å². The molecule has 2 amide bonds. The first-order chi connectivity index (χ1) is 17.8. The molecule has 0 radical (unpaired) electrons. The number of methoxy groups -OCH3 is 2. The van der Waals surface area contributed by atoms with Gasteiger partial charge in [0.2, 0.25) is 5.91 Å². The second-order valence-electron chi connectivity index (χ2n) is 9.12. The lowest BCUT2D eigenvalue weighted by Crippen LogP contribution is -2.46. The van der Waals surface area contributed by atoms with E-state index in [0.29, 0.717) is 12.8 Å². The van der Waals surface area contributed by atoms with Gasteiger partial charge in [-0.25, -0.2) is 13.6 Å². The fraction of sp³-hybridized carbons (Fsp3) is 0.500. The molecule has 0 bridgehead atoms. The summed E-state index contributed by atoms with van der Waals surface area (Å²) in [5, 5.41) is 2.96. The van der Waals surface area contributed by atoms with E-state index in [4.69, 9.17) is 14.2 Å². The second-order valence-corrected chi connectivity index (χ2v) is 9.12. The smallest absolute Gasteiger partial charge is 0.409 e. The predicted octanol–water partition coefficient (Wildman–Crippen LogP) is 4.61. The fourth-order valence-electron chi connectivity index (χ4n) is 5.30. The number of rotatable bonds is 11. The number of ether oxygens (including phenoxy) is 3. The Kier molecular flexibility index (Phi) is 10.00. The SMILES string of the molecule is CCOC(=O)N1CC(C(=O)NCC[C@](OC)(c2ccccc2)[C@H](CC)OC)[C@H](c2ccc(F)cc2F)C1. The van der Waals surface area contributed by atoms with Crippen LogP contribution in [0.15, 0.2) is 48.5 Å². The number of nitrogens with one attached hydrogen (secondary N) is 1. The van der Waals surface area contributed by atoms with Crippen LogP contribution < -0.4 is 5.32 Å². The summed E-state index contributed by atoms with van der Waals surface area (Å²) in [5.74, 6) is -3.16. The summed E-state index contributed by atoms with van der Waals surface area (Å²) in [4.78, 5) is 27.2. The normalized spacial score (nSPS) is 19.8. The van der Waals surface area contributed by atoms with Crippen LogP contribution in [0, 0.1) is 17.6 Å². The minimum Gasteiger partial charge on any atom is -0.450 e. The van der Waals surface area contributed by atoms with Gasteiger partial charge in [0.1, 0.15) is 17.2 Å². The van der Waals surface area contributed by atoms with Crippen molar-refractivity contribution in [1.29, 1.82) is 0 Å². The van der Waals surface area contributed by atoms with Gasteiger partial charge in [0, 0.05) is 52.3 Å². The third kappa shape index (κ3) is 6.27. The van der Waals surface area contributed by atoms with Crippen molar-refractivity contribution in [3.63, 3.8) is 0 Å². The van der Waals surface area contributed by atoms with Crippen LogP contribution >= 0.6 is 0 Å². The molecule has 4 atom stereocenters. The average Bonchev–Trinajstić information content (AvgIpc) is 3.34. The Balaban J connectivity index is 1.80. The second kappa shape index (κ2) is 13.0. The highest BCUT2D eigenvalue weighted by atomic mass is 19.1. The van der Waals surface area contributed by atoms with Crippen LogP contribution in [0.4, 0.5) is 13.6 Å². The standard InChI is InChI=1S/C28H36F2N2O5/c1-5-25(35-3)28(36-4,19-10-8-7-9-11-19)14-15-31-26(33)23-18-32(27(34)37-6-2)17-22(23)21-13-12-20(29)16-24(21)30/h7-13,16,22-23,25H,5-6,14-15,17-18H2,1-4H3,(H,31,33)/t22-,23?,25-,28-/m0/s1. The monoisotopic (exact) mass is 518 g/mol. The van der Waals surface area contributed by atoms with Gasteiger partial charge in [-0.15, -0.1) is 0 Å². The van der Waals surface area contributed by atoms with E-state index in [1.165, 1.54) is 11.0 Å². The molecule has 7 nitrogen and oxygen atoms in total. The zero-order valence-electron chi connectivity index (χ0n) is 21.8. The molecule has 0 aromatic heterocycles. The van der Waals surface area contributed by atoms with Gasteiger partial charge < -0.3 is 24.4 Å². The Bertz CT molecular complexity index is 1050. The molecule has 1 aliphatic heterocycles. The van der Waals surface area contributed by atoms with Crippen molar-refractivity contribution >= 4 is 12.0 Å². The van der Waals surface area contributed by atoms with Gasteiger partial charge >= 0.3 is 6.09 Å². The predicted molar refractivity (Wildman–Crippen MR) is 135 cm³/mol. The van der Waals surface area contributed by atoms with Crippen LogP contribution in [-0.4, -0.2) is 63.5 Å². The number of hydrogen-bond donors (Lipinski definition) is 1. The van der Waals surface area contributed by atoms with Crippen molar-refractivity contribution in [2.75, 3.05) is 40.5 Å². The Morgan fingerprint density at radius 1 is 1.11 bits per heavy atom. The maximum Gasteiger partial charge on any atom is 0.409 e. The Morgan fingerprint density at radius 3 is 2.43 bits per heavy atom. The maximum atomic E-state index is 14.7. The fourth-order valence-corrected chi connectivity index (χ4v) is 5.30. The third-order valence-electron chi connectivity index (χ3n) is 7.14. The molecule has 3 rings (SSSR count). The van der Waals surface area contributed by atoms with E-state index < -0.39 is 35.2 Å². The molecule has 1 unspecified atom stereocenters. The van der Waals surface area contributed by atoms with Crippen molar-refractivity contribution in [1.82, 2.24) is 10.2 Å². The lowest BCUT2D eigenvalue weighted by atomic mass is 9.83. The Morgan fingerprint density at radius 2 is 1.84 bits per heavy atom. The lowest BCUT2D eigenvalue weighted by Gasteiger charge is -2.39. The summed E-state index contributed by atoms with van der Waals surface area (Å²) in [7, 11) is 3.26. The highest BCUT2D eigenvalue weighted by molar-refractivity contribution is 5.82. The number of halogens is 2. The van der Waals surface area contributed by atoms with Crippen LogP contribution in [0.5, 0.6) is 0 Å². The van der Waals surface area contributed by atoms with Gasteiger partial charge in [-0.05, 0) is 30.5 Å². The quantitative estimate of drug-likeness (QED) is 0.470. The molecule has 0 aliphatic carbocycles. The molecule has 37 heavy (non-hydrogen) atoms. The Hall–Kier alpha value is -3.04. The largest absolute Gasteiger partial charge is 0.450 e. The van der Waals surface area contributed by atoms with Crippen LogP contribution in [0.25, 0.3) is 0 Å². The third-order valence-corrected chi connectivity index (χ3v) is 7.14. The van der Waals surface area contributed by atoms with E-state index >= 15 is 0 Å². The summed E-state index contributed by atoms with van der Waals surface area (Å²) in [5.41, 5.74) is 0.322. The molecule has 1 saturated heterocycles. The summed E-state index contributed by atoms with van der Waals surface area (Å²) in [6.07, 6.45) is 0.286. The number of likely N-dealkylation sites (tertiary alicyclic amines) is 1. The minimum atomic E-state index is -0.798. The van der Waals surface area contributed by atoms with Crippen molar-refractivity contribution in [2.45, 2.75) is 44.3 Å². The highest BCUT2D eigenvalue weighted by Crippen LogP contribution is 2.37. The van der Waals surface area contributed by atoms with Crippen molar-refractivity contribution in [3.05, 3.63) is 71.3 Å². The van der Waals surface area contributed by atoms with Gasteiger partial charge in [-0.2, -0.15) is 0 Å². The molecule has 1 N–H and O–H groups in total. The van der Waals surface area contributed by atoms with Crippen LogP contribution in [0.1, 0.15) is 43.7 Å². The number of carbonyl (C=O) groups excluding carboxylic acids is 2. The molecule has 2 aromatic rings. The molecule has 202 valence electrons. The van der Waals surface area contributed by atoms with Crippen LogP contribution in [0.2, 0.25) is 0 Å². The first kappa shape index (κ1) is 28.5. The van der Waals surface area contributed by atoms with Crippen molar-refractivity contribution < 1.29 is 32.6 Å². The van der Waals surface area contributed by atoms with Gasteiger partial charge in [0.25, 0.3) is 0 Å². The van der Waals surface area contributed by atoms with E-state index in [1.807, 2.05) is 37.3 Å². The van der Waals surface area contributed by atoms with E-state index in [-0.39, 0.29) is 43.8 Å². The summed E-state index contributed by atoms with van der Waals surface area (Å²) in [6, 6.07) is 13.0. The molecular formula is C28H36F2N2O5. The van der Waals surface area contributed by atoms with Gasteiger partial charge in [0.05, 0.1) is 18.6 Å². The topological polar surface area (TPSA) is 77.1 Å². The van der Waals surface area contributed by atoms with E-state index in [0.717, 1.165) is 17.7 Å². The van der Waals surface area contributed by atoms with Crippen LogP contribution in [0.3, 0.4) is 0 Å². The first-order valence-corrected chi connectivity index (χ1v) is 12.6. The van der Waals surface area contributed by atoms with E-state index in [1.54, 1.807) is 21.1 Å². The zero-order valence-corrected chi connectivity index (χ0v) is 21.8. The number of carbonyl (C=O) groups is 2. The Labute approximate surface area is 217 Å². The highest BCUT2D eigenvalue weighted by Gasteiger charge is 2.43. The molecule has 0 spiro atoms. The van der Waals surface area contributed by atoms with Crippen LogP contribution in [-0.2, 0) is 24.6 Å². The molecule has 1 aliphatic rings. The van der Waals surface area contributed by atoms with Crippen molar-refractivity contribution in [3.8, 4) is 0 Å². The molecule has 9 heteroatoms. The zero-order chi connectivity index (χ0) is 27.0. The number of benzene rings is 2. The molecular weight excluding hydrogens is 482 g/mol. The number of amides is 2. The maximum absolute atomic E-state index is 14.7. The molecule has 1 heterocycles. The summed E-state index contributed by atoms with van der Waals surface area (Å²) >= 11 is 0. The van der Waals surface area contributed by atoms with Crippen molar-refractivity contribution in [2.24, 2.45) is 5.92 Å². The first-order valence-electron chi connectivity index (χ1n) is 12.6. The summed E-state index contributed by atoms with van der Waals surface area (Å²) in [6.45, 7) is 4.29. The van der Waals surface area contributed by atoms with Gasteiger partial charge in [-0.3, -0.25) is 4.79 Å². The van der Waals surface area contributed by atoms with E-state index in [9.17, 15) is 18.4 Å². The molecule has 1 fully saturated rings. The number of nitrogens with zero attached hydrogens (tertiary/aromatic N) is 1. The molecule has 0 saturated carbocycles. The van der Waals surface area contributed by atoms with Gasteiger partial charge in [-0.1, -0.05) is 43.3 Å².